The van der Waals surface area contributed by atoms with Gasteiger partial charge in [0.2, 0.25) is 0 Å². The van der Waals surface area contributed by atoms with E-state index in [1.54, 1.807) is 11.1 Å². The standard InChI is InChI=1S/2C8H13Si.Ru/c2*1-5-4-8(9)7(3)6(5)2;/h2*8H,1-3,9H3;/q2*-1;+2. The van der Waals surface area contributed by atoms with Gasteiger partial charge in [-0.05, 0) is 20.5 Å². The van der Waals surface area contributed by atoms with E-state index in [4.69, 9.17) is 0 Å². The van der Waals surface area contributed by atoms with Gasteiger partial charge in [0.1, 0.15) is 0 Å². The van der Waals surface area contributed by atoms with Crippen LogP contribution in [-0.2, 0) is 19.5 Å². The Morgan fingerprint density at radius 2 is 0.947 bits per heavy atom. The summed E-state index contributed by atoms with van der Waals surface area (Å²) in [5.41, 5.74) is 10.2. The molecule has 0 aliphatic heterocycles. The number of hydrogen-bond acceptors (Lipinski definition) is 0. The third-order valence-electron chi connectivity index (χ3n) is 4.47. The van der Waals surface area contributed by atoms with Gasteiger partial charge < -0.3 is 0 Å². The molecule has 0 spiro atoms. The Morgan fingerprint density at radius 1 is 0.684 bits per heavy atom. The summed E-state index contributed by atoms with van der Waals surface area (Å²) in [4.78, 5) is 0. The summed E-state index contributed by atoms with van der Waals surface area (Å²) < 4.78 is 0. The fourth-order valence-electron chi connectivity index (χ4n) is 2.32. The fraction of sp³-hybridized carbons (Fsp3) is 0.500. The molecule has 19 heavy (non-hydrogen) atoms. The first kappa shape index (κ1) is 19.0. The molecule has 0 amide bonds. The van der Waals surface area contributed by atoms with Crippen molar-refractivity contribution in [2.45, 2.75) is 52.6 Å². The molecule has 2 aliphatic rings. The predicted octanol–water partition coefficient (Wildman–Crippen LogP) is 2.48. The van der Waals surface area contributed by atoms with E-state index in [-0.39, 0.29) is 19.5 Å². The average Bonchev–Trinajstić information content (AvgIpc) is 2.66. The van der Waals surface area contributed by atoms with Crippen LogP contribution in [0.4, 0.5) is 0 Å². The maximum Gasteiger partial charge on any atom is 2.00 e. The van der Waals surface area contributed by atoms with E-state index in [9.17, 15) is 0 Å². The van der Waals surface area contributed by atoms with Gasteiger partial charge in [0.05, 0.1) is 0 Å². The average molecular weight is 376 g/mol. The molecule has 0 aromatic carbocycles. The van der Waals surface area contributed by atoms with Crippen LogP contribution in [0.1, 0.15) is 41.5 Å². The van der Waals surface area contributed by atoms with Gasteiger partial charge in [0, 0.05) is 0 Å². The molecule has 2 rings (SSSR count). The molecule has 0 N–H and O–H groups in total. The predicted molar refractivity (Wildman–Crippen MR) is 89.0 cm³/mol. The molecule has 0 saturated heterocycles. The van der Waals surface area contributed by atoms with Gasteiger partial charge in [-0.3, -0.25) is 12.2 Å². The fourth-order valence-corrected chi connectivity index (χ4v) is 4.06. The van der Waals surface area contributed by atoms with E-state index in [1.165, 1.54) is 42.8 Å². The topological polar surface area (TPSA) is 0 Å². The molecule has 2 aliphatic carbocycles. The first-order chi connectivity index (χ1) is 8.25. The van der Waals surface area contributed by atoms with Crippen molar-refractivity contribution < 1.29 is 19.5 Å². The molecule has 106 valence electrons. The molecule has 0 aromatic rings. The van der Waals surface area contributed by atoms with E-state index in [0.29, 0.717) is 11.1 Å². The summed E-state index contributed by atoms with van der Waals surface area (Å²) in [6, 6.07) is 0. The summed E-state index contributed by atoms with van der Waals surface area (Å²) in [5.74, 6) is 0. The van der Waals surface area contributed by atoms with Gasteiger partial charge in [-0.25, -0.2) is 11.1 Å². The maximum absolute atomic E-state index is 3.42. The summed E-state index contributed by atoms with van der Waals surface area (Å²) in [5, 5.41) is 0. The zero-order valence-corrected chi connectivity index (χ0v) is 19.2. The van der Waals surface area contributed by atoms with Gasteiger partial charge in [-0.2, -0.15) is 22.3 Å². The van der Waals surface area contributed by atoms with E-state index < -0.39 is 0 Å². The Bertz CT molecular complexity index is 423. The van der Waals surface area contributed by atoms with Gasteiger partial charge >= 0.3 is 19.5 Å². The second-order valence-corrected chi connectivity index (χ2v) is 7.91. The number of rotatable bonds is 0. The molecule has 0 bridgehead atoms. The van der Waals surface area contributed by atoms with Crippen molar-refractivity contribution in [1.82, 2.24) is 0 Å². The summed E-state index contributed by atoms with van der Waals surface area (Å²) in [6.45, 7) is 13.1. The molecular weight excluding hydrogens is 349 g/mol. The molecule has 0 heterocycles. The quantitative estimate of drug-likeness (QED) is 0.451. The molecular formula is C16H26RuSi2. The second kappa shape index (κ2) is 7.71. The maximum atomic E-state index is 3.42. The SMILES string of the molecule is CC1=[C-]C([SiH3])C(C)=C1C.CC1=[C-]C([SiH3])C(C)=C1C.[Ru+2]. The number of hydrogen-bond donors (Lipinski definition) is 0. The van der Waals surface area contributed by atoms with Crippen molar-refractivity contribution in [3.8, 4) is 0 Å². The third kappa shape index (κ3) is 4.51. The summed E-state index contributed by atoms with van der Waals surface area (Å²) in [6.07, 6.45) is 6.84. The smallest absolute Gasteiger partial charge is 0.270 e. The second-order valence-electron chi connectivity index (χ2n) is 5.60. The molecule has 0 aromatic heterocycles. The zero-order chi connectivity index (χ0) is 14.0. The van der Waals surface area contributed by atoms with Crippen molar-refractivity contribution in [2.24, 2.45) is 0 Å². The number of allylic oxidation sites excluding steroid dienone is 8. The molecule has 0 saturated carbocycles. The van der Waals surface area contributed by atoms with Crippen LogP contribution in [0.5, 0.6) is 0 Å². The van der Waals surface area contributed by atoms with Crippen molar-refractivity contribution in [2.75, 3.05) is 0 Å². The van der Waals surface area contributed by atoms with Crippen molar-refractivity contribution in [1.29, 1.82) is 0 Å². The zero-order valence-electron chi connectivity index (χ0n) is 13.5. The third-order valence-corrected chi connectivity index (χ3v) is 6.78. The van der Waals surface area contributed by atoms with Gasteiger partial charge in [0.15, 0.2) is 0 Å². The molecule has 0 radical (unpaired) electrons. The van der Waals surface area contributed by atoms with Crippen LogP contribution in [-0.4, -0.2) is 20.5 Å². The minimum absolute atomic E-state index is 0. The van der Waals surface area contributed by atoms with Crippen LogP contribution >= 0.6 is 0 Å². The first-order valence-electron chi connectivity index (χ1n) is 6.81. The molecule has 0 nitrogen and oxygen atoms in total. The monoisotopic (exact) mass is 376 g/mol. The Morgan fingerprint density at radius 3 is 1.00 bits per heavy atom. The Hall–Kier alpha value is 0.0171. The van der Waals surface area contributed by atoms with Crippen molar-refractivity contribution >= 4 is 20.5 Å². The summed E-state index contributed by atoms with van der Waals surface area (Å²) in [7, 11) is 2.45. The molecule has 0 fully saturated rings. The summed E-state index contributed by atoms with van der Waals surface area (Å²) >= 11 is 0. The molecule has 2 atom stereocenters. The van der Waals surface area contributed by atoms with Crippen LogP contribution in [0.25, 0.3) is 0 Å². The van der Waals surface area contributed by atoms with Crippen LogP contribution in [0.3, 0.4) is 0 Å². The normalized spacial score (nSPS) is 26.0. The largest absolute Gasteiger partial charge is 2.00 e. The minimum atomic E-state index is 0. The van der Waals surface area contributed by atoms with E-state index in [1.807, 2.05) is 0 Å². The Labute approximate surface area is 138 Å². The first-order valence-corrected chi connectivity index (χ1v) is 9.12. The molecule has 3 heteroatoms. The van der Waals surface area contributed by atoms with Gasteiger partial charge in [-0.15, -0.1) is 24.9 Å². The van der Waals surface area contributed by atoms with E-state index in [2.05, 4.69) is 53.7 Å². The van der Waals surface area contributed by atoms with Crippen molar-refractivity contribution in [3.63, 3.8) is 0 Å². The Kier molecular flexibility index (Phi) is 7.71. The van der Waals surface area contributed by atoms with Crippen LogP contribution in [0.15, 0.2) is 33.4 Å². The van der Waals surface area contributed by atoms with E-state index >= 15 is 0 Å². The molecule has 2 unspecified atom stereocenters. The van der Waals surface area contributed by atoms with Gasteiger partial charge in [0.25, 0.3) is 0 Å². The van der Waals surface area contributed by atoms with Crippen LogP contribution in [0.2, 0.25) is 11.1 Å². The van der Waals surface area contributed by atoms with Crippen LogP contribution < -0.4 is 0 Å². The Balaban J connectivity index is 0.000000324. The van der Waals surface area contributed by atoms with Crippen LogP contribution in [0, 0.1) is 12.2 Å². The van der Waals surface area contributed by atoms with Crippen molar-refractivity contribution in [3.05, 3.63) is 45.6 Å². The van der Waals surface area contributed by atoms with Gasteiger partial charge in [-0.1, -0.05) is 27.7 Å². The minimum Gasteiger partial charge on any atom is -0.270 e. The van der Waals surface area contributed by atoms with E-state index in [0.717, 1.165) is 0 Å².